The molecular formula is C22H34N4O5S. The molecule has 2 rings (SSSR count). The molecule has 0 aromatic heterocycles. The molecule has 10 heteroatoms. The van der Waals surface area contributed by atoms with E-state index in [1.54, 1.807) is 20.8 Å². The largest absolute Gasteiger partial charge is 0.444 e. The Hall–Kier alpha value is -2.30. The van der Waals surface area contributed by atoms with Gasteiger partial charge < -0.3 is 20.1 Å². The Morgan fingerprint density at radius 3 is 2.44 bits per heavy atom. The standard InChI is InChI=1S/C22H34N4O5S/c1-22(2,3)31-21(29)25-16(13-15-9-5-4-6-10-15)19(27)24-17(20(28)26-23)14-32-18-11-7-8-12-30-18/h4-6,9-10,16-18H,7-8,11-14,23H2,1-3H3,(H,24,27)(H,25,29)(H,26,28)/t16-,17-,18-/m1/s1. The van der Waals surface area contributed by atoms with Crippen LogP contribution in [0.15, 0.2) is 30.3 Å². The van der Waals surface area contributed by atoms with Gasteiger partial charge in [-0.25, -0.2) is 10.6 Å². The Labute approximate surface area is 193 Å². The zero-order chi connectivity index (χ0) is 23.6. The number of rotatable bonds is 9. The van der Waals surface area contributed by atoms with E-state index in [-0.39, 0.29) is 11.9 Å². The first kappa shape index (κ1) is 26.0. The highest BCUT2D eigenvalue weighted by molar-refractivity contribution is 7.99. The number of benzene rings is 1. The van der Waals surface area contributed by atoms with Crippen molar-refractivity contribution in [2.45, 2.75) is 69.6 Å². The lowest BCUT2D eigenvalue weighted by atomic mass is 10.0. The topological polar surface area (TPSA) is 132 Å². The van der Waals surface area contributed by atoms with Gasteiger partial charge >= 0.3 is 6.09 Å². The van der Waals surface area contributed by atoms with Gasteiger partial charge in [0.05, 0.1) is 0 Å². The van der Waals surface area contributed by atoms with E-state index in [1.807, 2.05) is 30.3 Å². The van der Waals surface area contributed by atoms with Crippen LogP contribution in [-0.2, 0) is 25.5 Å². The van der Waals surface area contributed by atoms with Crippen molar-refractivity contribution in [3.63, 3.8) is 0 Å². The molecule has 0 bridgehead atoms. The lowest BCUT2D eigenvalue weighted by molar-refractivity contribution is -0.129. The molecule has 3 atom stereocenters. The number of thioether (sulfide) groups is 1. The maximum atomic E-state index is 13.1. The van der Waals surface area contributed by atoms with Crippen molar-refractivity contribution in [2.24, 2.45) is 5.84 Å². The smallest absolute Gasteiger partial charge is 0.408 e. The summed E-state index contributed by atoms with van der Waals surface area (Å²) in [6.07, 6.45) is 2.52. The molecule has 1 aliphatic rings. The van der Waals surface area contributed by atoms with Gasteiger partial charge in [-0.15, -0.1) is 11.8 Å². The number of hydrogen-bond donors (Lipinski definition) is 4. The number of carbonyl (C=O) groups is 3. The van der Waals surface area contributed by atoms with Gasteiger partial charge in [0.25, 0.3) is 5.91 Å². The minimum Gasteiger partial charge on any atom is -0.444 e. The lowest BCUT2D eigenvalue weighted by Crippen LogP contribution is -2.56. The van der Waals surface area contributed by atoms with Gasteiger partial charge in [0.15, 0.2) is 0 Å². The van der Waals surface area contributed by atoms with Crippen LogP contribution in [0.4, 0.5) is 4.79 Å². The maximum absolute atomic E-state index is 13.1. The second-order valence-electron chi connectivity index (χ2n) is 8.59. The van der Waals surface area contributed by atoms with E-state index in [2.05, 4.69) is 16.1 Å². The number of hydrogen-bond acceptors (Lipinski definition) is 7. The average Bonchev–Trinajstić information content (AvgIpc) is 2.75. The fraction of sp³-hybridized carbons (Fsp3) is 0.591. The van der Waals surface area contributed by atoms with Crippen molar-refractivity contribution in [3.05, 3.63) is 35.9 Å². The van der Waals surface area contributed by atoms with Crippen molar-refractivity contribution in [2.75, 3.05) is 12.4 Å². The number of carbonyl (C=O) groups excluding carboxylic acids is 3. The van der Waals surface area contributed by atoms with Gasteiger partial charge in [0.2, 0.25) is 5.91 Å². The second-order valence-corrected chi connectivity index (χ2v) is 9.78. The third-order valence-corrected chi connectivity index (χ3v) is 5.92. The summed E-state index contributed by atoms with van der Waals surface area (Å²) in [5.41, 5.74) is 2.22. The molecule has 1 aromatic rings. The van der Waals surface area contributed by atoms with Crippen LogP contribution in [0.3, 0.4) is 0 Å². The third-order valence-electron chi connectivity index (χ3n) is 4.65. The average molecular weight is 467 g/mol. The van der Waals surface area contributed by atoms with E-state index in [9.17, 15) is 14.4 Å². The van der Waals surface area contributed by atoms with Gasteiger partial charge in [-0.3, -0.25) is 15.0 Å². The highest BCUT2D eigenvalue weighted by atomic mass is 32.2. The number of nitrogens with one attached hydrogen (secondary N) is 3. The van der Waals surface area contributed by atoms with Gasteiger partial charge in [0, 0.05) is 18.8 Å². The van der Waals surface area contributed by atoms with E-state index in [1.165, 1.54) is 11.8 Å². The van der Waals surface area contributed by atoms with Crippen molar-refractivity contribution < 1.29 is 23.9 Å². The van der Waals surface area contributed by atoms with Crippen LogP contribution in [0.1, 0.15) is 45.6 Å². The molecule has 0 spiro atoms. The summed E-state index contributed by atoms with van der Waals surface area (Å²) in [6, 6.07) is 7.48. The second kappa shape index (κ2) is 12.7. The summed E-state index contributed by atoms with van der Waals surface area (Å²) in [5, 5.41) is 5.34. The molecule has 0 saturated carbocycles. The summed E-state index contributed by atoms with van der Waals surface area (Å²) in [7, 11) is 0. The Morgan fingerprint density at radius 2 is 1.84 bits per heavy atom. The van der Waals surface area contributed by atoms with E-state index in [0.29, 0.717) is 12.4 Å². The number of amides is 3. The number of nitrogens with two attached hydrogens (primary N) is 1. The Balaban J connectivity index is 2.07. The Bertz CT molecular complexity index is 750. The minimum atomic E-state index is -0.934. The first-order chi connectivity index (χ1) is 15.2. The first-order valence-electron chi connectivity index (χ1n) is 10.8. The highest BCUT2D eigenvalue weighted by Crippen LogP contribution is 2.24. The van der Waals surface area contributed by atoms with Gasteiger partial charge in [0.1, 0.15) is 23.1 Å². The molecule has 5 N–H and O–H groups in total. The Kier molecular flexibility index (Phi) is 10.3. The fourth-order valence-corrected chi connectivity index (χ4v) is 4.28. The lowest BCUT2D eigenvalue weighted by Gasteiger charge is -2.26. The molecular weight excluding hydrogens is 432 g/mol. The molecule has 32 heavy (non-hydrogen) atoms. The molecule has 1 heterocycles. The highest BCUT2D eigenvalue weighted by Gasteiger charge is 2.29. The molecule has 1 fully saturated rings. The zero-order valence-corrected chi connectivity index (χ0v) is 19.7. The molecule has 1 aromatic carbocycles. The normalized spacial score (nSPS) is 18.2. The first-order valence-corrected chi connectivity index (χ1v) is 11.8. The van der Waals surface area contributed by atoms with Crippen molar-refractivity contribution in [1.82, 2.24) is 16.1 Å². The van der Waals surface area contributed by atoms with Crippen molar-refractivity contribution in [3.8, 4) is 0 Å². The maximum Gasteiger partial charge on any atom is 0.408 e. The molecule has 3 amide bonds. The van der Waals surface area contributed by atoms with E-state index >= 15 is 0 Å². The van der Waals surface area contributed by atoms with Crippen LogP contribution in [0.25, 0.3) is 0 Å². The predicted molar refractivity (Wildman–Crippen MR) is 124 cm³/mol. The molecule has 9 nitrogen and oxygen atoms in total. The van der Waals surface area contributed by atoms with E-state index < -0.39 is 35.6 Å². The van der Waals surface area contributed by atoms with Crippen LogP contribution in [-0.4, -0.2) is 53.4 Å². The zero-order valence-electron chi connectivity index (χ0n) is 18.9. The minimum absolute atomic E-state index is 0.0197. The summed E-state index contributed by atoms with van der Waals surface area (Å²) in [4.78, 5) is 37.7. The van der Waals surface area contributed by atoms with Gasteiger partial charge in [-0.2, -0.15) is 0 Å². The summed E-state index contributed by atoms with van der Waals surface area (Å²) >= 11 is 1.46. The van der Waals surface area contributed by atoms with Crippen LogP contribution >= 0.6 is 11.8 Å². The van der Waals surface area contributed by atoms with Crippen LogP contribution in [0.2, 0.25) is 0 Å². The monoisotopic (exact) mass is 466 g/mol. The predicted octanol–water partition coefficient (Wildman–Crippen LogP) is 1.86. The molecule has 0 aliphatic carbocycles. The van der Waals surface area contributed by atoms with E-state index in [0.717, 1.165) is 24.8 Å². The van der Waals surface area contributed by atoms with Gasteiger partial charge in [-0.05, 0) is 45.6 Å². The number of ether oxygens (including phenoxy) is 2. The van der Waals surface area contributed by atoms with Crippen molar-refractivity contribution >= 4 is 29.7 Å². The number of hydrazine groups is 1. The summed E-state index contributed by atoms with van der Waals surface area (Å²) in [5.74, 6) is 4.60. The molecule has 0 radical (unpaired) electrons. The van der Waals surface area contributed by atoms with Crippen LogP contribution in [0, 0.1) is 0 Å². The molecule has 1 aliphatic heterocycles. The summed E-state index contributed by atoms with van der Waals surface area (Å²) in [6.45, 7) is 5.91. The van der Waals surface area contributed by atoms with Crippen LogP contribution < -0.4 is 21.9 Å². The number of alkyl carbamates (subject to hydrolysis) is 1. The van der Waals surface area contributed by atoms with Crippen LogP contribution in [0.5, 0.6) is 0 Å². The quantitative estimate of drug-likeness (QED) is 0.248. The summed E-state index contributed by atoms with van der Waals surface area (Å²) < 4.78 is 11.0. The van der Waals surface area contributed by atoms with Crippen molar-refractivity contribution in [1.29, 1.82) is 0 Å². The van der Waals surface area contributed by atoms with Gasteiger partial charge in [-0.1, -0.05) is 30.3 Å². The fourth-order valence-electron chi connectivity index (χ4n) is 3.11. The molecule has 1 saturated heterocycles. The molecule has 178 valence electrons. The van der Waals surface area contributed by atoms with E-state index in [4.69, 9.17) is 15.3 Å². The third kappa shape index (κ3) is 9.46. The SMILES string of the molecule is CC(C)(C)OC(=O)N[C@H](Cc1ccccc1)C(=O)N[C@H](CS[C@@H]1CCCCO1)C(=O)NN. The molecule has 0 unspecified atom stereocenters. The Morgan fingerprint density at radius 1 is 1.12 bits per heavy atom.